The fourth-order valence-electron chi connectivity index (χ4n) is 2.45. The first-order valence-electron chi connectivity index (χ1n) is 6.53. The maximum atomic E-state index is 12.0. The normalized spacial score (nSPS) is 22.5. The molecular weight excluding hydrogens is 246 g/mol. The number of rotatable bonds is 4. The van der Waals surface area contributed by atoms with Crippen molar-refractivity contribution in [3.63, 3.8) is 0 Å². The quantitative estimate of drug-likeness (QED) is 0.781. The molecule has 0 aromatic heterocycles. The third kappa shape index (κ3) is 2.64. The van der Waals surface area contributed by atoms with Gasteiger partial charge < -0.3 is 14.8 Å². The lowest BCUT2D eigenvalue weighted by atomic mass is 9.84. The Labute approximate surface area is 112 Å². The molecule has 5 heteroatoms. The molecule has 0 radical (unpaired) electrons. The Morgan fingerprint density at radius 1 is 1.37 bits per heavy atom. The molecule has 1 saturated carbocycles. The third-order valence-electron chi connectivity index (χ3n) is 3.50. The number of allylic oxidation sites excluding steroid dienone is 1. The van der Waals surface area contributed by atoms with Crippen LogP contribution in [-0.2, 0) is 19.1 Å². The van der Waals surface area contributed by atoms with E-state index in [0.29, 0.717) is 23.7 Å². The number of ether oxygens (including phenoxy) is 2. The van der Waals surface area contributed by atoms with E-state index in [1.54, 1.807) is 13.1 Å². The highest BCUT2D eigenvalue weighted by molar-refractivity contribution is 5.97. The van der Waals surface area contributed by atoms with E-state index in [1.165, 1.54) is 7.11 Å². The van der Waals surface area contributed by atoms with Gasteiger partial charge >= 0.3 is 11.9 Å². The van der Waals surface area contributed by atoms with E-state index in [0.717, 1.165) is 18.5 Å². The smallest absolute Gasteiger partial charge is 0.336 e. The van der Waals surface area contributed by atoms with E-state index in [2.05, 4.69) is 5.32 Å². The van der Waals surface area contributed by atoms with Crippen LogP contribution in [0.15, 0.2) is 23.0 Å². The summed E-state index contributed by atoms with van der Waals surface area (Å²) in [6, 6.07) is 0. The summed E-state index contributed by atoms with van der Waals surface area (Å²) in [7, 11) is 1.36. The Bertz CT molecular complexity index is 460. The minimum Gasteiger partial charge on any atom is -0.466 e. The van der Waals surface area contributed by atoms with Crippen molar-refractivity contribution in [3.05, 3.63) is 23.0 Å². The van der Waals surface area contributed by atoms with Gasteiger partial charge in [0, 0.05) is 17.8 Å². The van der Waals surface area contributed by atoms with E-state index < -0.39 is 0 Å². The molecule has 0 unspecified atom stereocenters. The zero-order valence-electron chi connectivity index (χ0n) is 11.5. The minimum atomic E-state index is -0.378. The Kier molecular flexibility index (Phi) is 3.93. The molecule has 104 valence electrons. The number of esters is 2. The van der Waals surface area contributed by atoms with Crippen LogP contribution in [0.25, 0.3) is 0 Å². The molecule has 2 aliphatic rings. The summed E-state index contributed by atoms with van der Waals surface area (Å²) in [5.74, 6) is -0.604. The second-order valence-electron chi connectivity index (χ2n) is 4.81. The predicted molar refractivity (Wildman–Crippen MR) is 68.8 cm³/mol. The van der Waals surface area contributed by atoms with E-state index in [9.17, 15) is 9.59 Å². The van der Waals surface area contributed by atoms with Gasteiger partial charge in [0.05, 0.1) is 24.9 Å². The summed E-state index contributed by atoms with van der Waals surface area (Å²) >= 11 is 0. The van der Waals surface area contributed by atoms with Crippen LogP contribution in [0.1, 0.15) is 26.7 Å². The molecule has 1 aliphatic carbocycles. The van der Waals surface area contributed by atoms with Crippen LogP contribution in [0.2, 0.25) is 0 Å². The molecule has 0 amide bonds. The molecular formula is C14H19NO4. The van der Waals surface area contributed by atoms with Gasteiger partial charge in [-0.05, 0) is 32.6 Å². The number of methoxy groups -OCH3 is 1. The summed E-state index contributed by atoms with van der Waals surface area (Å²) in [5.41, 5.74) is 1.82. The molecule has 1 fully saturated rings. The van der Waals surface area contributed by atoms with Gasteiger partial charge in [0.15, 0.2) is 0 Å². The number of dihydropyridines is 1. The summed E-state index contributed by atoms with van der Waals surface area (Å²) in [5, 5.41) is 2.97. The van der Waals surface area contributed by atoms with Crippen molar-refractivity contribution < 1.29 is 19.1 Å². The van der Waals surface area contributed by atoms with Gasteiger partial charge in [0.1, 0.15) is 0 Å². The molecule has 1 atom stereocenters. The van der Waals surface area contributed by atoms with E-state index in [4.69, 9.17) is 9.47 Å². The highest BCUT2D eigenvalue weighted by atomic mass is 16.5. The topological polar surface area (TPSA) is 64.6 Å². The van der Waals surface area contributed by atoms with Crippen LogP contribution in [-0.4, -0.2) is 25.7 Å². The van der Waals surface area contributed by atoms with Crippen LogP contribution < -0.4 is 5.32 Å². The molecule has 1 aliphatic heterocycles. The molecule has 0 aromatic rings. The number of hydrogen-bond donors (Lipinski definition) is 1. The van der Waals surface area contributed by atoms with Crippen molar-refractivity contribution in [3.8, 4) is 0 Å². The van der Waals surface area contributed by atoms with Crippen LogP contribution >= 0.6 is 0 Å². The third-order valence-corrected chi connectivity index (χ3v) is 3.50. The summed E-state index contributed by atoms with van der Waals surface area (Å²) in [6.45, 7) is 3.91. The molecule has 0 aromatic carbocycles. The van der Waals surface area contributed by atoms with Crippen molar-refractivity contribution in [2.24, 2.45) is 11.8 Å². The average molecular weight is 265 g/mol. The Morgan fingerprint density at radius 3 is 2.58 bits per heavy atom. The van der Waals surface area contributed by atoms with Gasteiger partial charge in [0.25, 0.3) is 0 Å². The fraction of sp³-hybridized carbons (Fsp3) is 0.571. The van der Waals surface area contributed by atoms with E-state index in [-0.39, 0.29) is 17.9 Å². The first-order chi connectivity index (χ1) is 9.10. The van der Waals surface area contributed by atoms with E-state index in [1.807, 2.05) is 6.92 Å². The summed E-state index contributed by atoms with van der Waals surface area (Å²) in [4.78, 5) is 23.9. The molecule has 0 saturated heterocycles. The predicted octanol–water partition coefficient (Wildman–Crippen LogP) is 1.51. The van der Waals surface area contributed by atoms with Gasteiger partial charge in [-0.25, -0.2) is 9.59 Å². The zero-order valence-corrected chi connectivity index (χ0v) is 11.5. The van der Waals surface area contributed by atoms with Gasteiger partial charge in [-0.1, -0.05) is 0 Å². The summed E-state index contributed by atoms with van der Waals surface area (Å²) in [6.07, 6.45) is 3.70. The fourth-order valence-corrected chi connectivity index (χ4v) is 2.45. The Morgan fingerprint density at radius 2 is 2.05 bits per heavy atom. The van der Waals surface area contributed by atoms with Crippen LogP contribution in [0, 0.1) is 11.8 Å². The number of nitrogens with one attached hydrogen (secondary N) is 1. The van der Waals surface area contributed by atoms with Crippen molar-refractivity contribution in [2.45, 2.75) is 26.7 Å². The Balaban J connectivity index is 2.32. The average Bonchev–Trinajstić information content (AvgIpc) is 3.21. The number of hydrogen-bond acceptors (Lipinski definition) is 5. The molecule has 19 heavy (non-hydrogen) atoms. The first kappa shape index (κ1) is 13.6. The van der Waals surface area contributed by atoms with Crippen molar-refractivity contribution >= 4 is 11.9 Å². The lowest BCUT2D eigenvalue weighted by molar-refractivity contribution is -0.139. The minimum absolute atomic E-state index is 0.201. The maximum Gasteiger partial charge on any atom is 0.336 e. The highest BCUT2D eigenvalue weighted by Gasteiger charge is 2.43. The SMILES string of the molecule is CCOC(=O)C1=CNC(C)=C(C(=O)OC)[C@@H]1C1CC1. The largest absolute Gasteiger partial charge is 0.466 e. The second-order valence-corrected chi connectivity index (χ2v) is 4.81. The van der Waals surface area contributed by atoms with Crippen LogP contribution in [0.5, 0.6) is 0 Å². The molecule has 0 bridgehead atoms. The van der Waals surface area contributed by atoms with Gasteiger partial charge in [-0.15, -0.1) is 0 Å². The number of carbonyl (C=O) groups is 2. The first-order valence-corrected chi connectivity index (χ1v) is 6.53. The van der Waals surface area contributed by atoms with Crippen LogP contribution in [0.4, 0.5) is 0 Å². The molecule has 2 rings (SSSR count). The Hall–Kier alpha value is -1.78. The van der Waals surface area contributed by atoms with Gasteiger partial charge in [0.2, 0.25) is 0 Å². The van der Waals surface area contributed by atoms with Gasteiger partial charge in [-0.2, -0.15) is 0 Å². The van der Waals surface area contributed by atoms with E-state index >= 15 is 0 Å². The monoisotopic (exact) mass is 265 g/mol. The second kappa shape index (κ2) is 5.47. The summed E-state index contributed by atoms with van der Waals surface area (Å²) < 4.78 is 9.90. The van der Waals surface area contributed by atoms with Gasteiger partial charge in [-0.3, -0.25) is 0 Å². The molecule has 5 nitrogen and oxygen atoms in total. The lowest BCUT2D eigenvalue weighted by Crippen LogP contribution is -2.31. The maximum absolute atomic E-state index is 12.0. The molecule has 0 spiro atoms. The molecule has 1 N–H and O–H groups in total. The number of carbonyl (C=O) groups excluding carboxylic acids is 2. The lowest BCUT2D eigenvalue weighted by Gasteiger charge is -2.26. The zero-order chi connectivity index (χ0) is 14.0. The van der Waals surface area contributed by atoms with Crippen molar-refractivity contribution in [1.82, 2.24) is 5.32 Å². The van der Waals surface area contributed by atoms with Crippen molar-refractivity contribution in [2.75, 3.05) is 13.7 Å². The standard InChI is InChI=1S/C14H19NO4/c1-4-19-13(16)10-7-15-8(2)11(14(17)18-3)12(10)9-5-6-9/h7,9,12,15H,4-6H2,1-3H3/t12-/m1/s1. The molecule has 1 heterocycles. The highest BCUT2D eigenvalue weighted by Crippen LogP contribution is 2.46. The van der Waals surface area contributed by atoms with Crippen molar-refractivity contribution in [1.29, 1.82) is 0 Å². The van der Waals surface area contributed by atoms with Crippen LogP contribution in [0.3, 0.4) is 0 Å².